The summed E-state index contributed by atoms with van der Waals surface area (Å²) in [4.78, 5) is 28.2. The lowest BCUT2D eigenvalue weighted by atomic mass is 9.92. The quantitative estimate of drug-likeness (QED) is 0.242. The van der Waals surface area contributed by atoms with Crippen LogP contribution in [0.2, 0.25) is 0 Å². The number of hydrogen-bond acceptors (Lipinski definition) is 4. The number of benzene rings is 4. The first-order valence-corrected chi connectivity index (χ1v) is 10.9. The summed E-state index contributed by atoms with van der Waals surface area (Å²) in [5, 5.41) is 4.55. The van der Waals surface area contributed by atoms with Gasteiger partial charge in [0.25, 0.3) is 11.8 Å². The van der Waals surface area contributed by atoms with Gasteiger partial charge in [-0.05, 0) is 65.2 Å². The van der Waals surface area contributed by atoms with E-state index in [0.717, 1.165) is 27.4 Å². The Morgan fingerprint density at radius 2 is 1.71 bits per heavy atom. The van der Waals surface area contributed by atoms with E-state index in [0.29, 0.717) is 33.6 Å². The predicted octanol–water partition coefficient (Wildman–Crippen LogP) is 4.52. The third-order valence-electron chi connectivity index (χ3n) is 6.07. The molecule has 35 heavy (non-hydrogen) atoms. The molecule has 0 bridgehead atoms. The van der Waals surface area contributed by atoms with Crippen LogP contribution in [-0.2, 0) is 6.54 Å². The Bertz CT molecular complexity index is 1620. The molecule has 8 N–H and O–H groups in total. The van der Waals surface area contributed by atoms with Gasteiger partial charge in [-0.2, -0.15) is 0 Å². The highest BCUT2D eigenvalue weighted by Gasteiger charge is 2.19. The fraction of sp³-hybridized carbons (Fsp3) is 0.0370. The monoisotopic (exact) mass is 467 g/mol. The number of hydrogen-bond donors (Lipinski definition) is 5. The van der Waals surface area contributed by atoms with Crippen molar-refractivity contribution >= 4 is 45.0 Å². The number of nitrogens with one attached hydrogen (secondary N) is 2. The smallest absolute Gasteiger partial charge is 0.255 e. The van der Waals surface area contributed by atoms with E-state index in [1.807, 2.05) is 24.3 Å². The van der Waals surface area contributed by atoms with Gasteiger partial charge in [0.2, 0.25) is 0 Å². The molecule has 0 aliphatic heterocycles. The van der Waals surface area contributed by atoms with Gasteiger partial charge in [-0.25, -0.2) is 4.39 Å². The topological polar surface area (TPSA) is 140 Å². The first-order valence-electron chi connectivity index (χ1n) is 10.9. The largest absolute Gasteiger partial charge is 0.399 e. The SMILES string of the molecule is NCc1c(NC(=O)c2ccc(F)cc2)cccc1-c1ccc(C(N)=O)c2[nH]c3cc(N)ccc3c12. The van der Waals surface area contributed by atoms with Crippen LogP contribution in [0.4, 0.5) is 15.8 Å². The molecule has 5 rings (SSSR count). The van der Waals surface area contributed by atoms with Crippen LogP contribution in [-0.4, -0.2) is 16.8 Å². The van der Waals surface area contributed by atoms with Crippen LogP contribution in [0.25, 0.3) is 32.9 Å². The second kappa shape index (κ2) is 8.58. The Morgan fingerprint density at radius 3 is 2.43 bits per heavy atom. The molecule has 4 aromatic carbocycles. The Labute approximate surface area is 199 Å². The number of primary amides is 1. The van der Waals surface area contributed by atoms with E-state index in [1.54, 1.807) is 24.3 Å². The molecule has 7 nitrogen and oxygen atoms in total. The number of nitrogens with two attached hydrogens (primary N) is 3. The number of carbonyl (C=O) groups is 2. The highest BCUT2D eigenvalue weighted by Crippen LogP contribution is 2.39. The first kappa shape index (κ1) is 22.1. The normalized spacial score (nSPS) is 11.1. The zero-order chi connectivity index (χ0) is 24.7. The highest BCUT2D eigenvalue weighted by molar-refractivity contribution is 6.20. The second-order valence-corrected chi connectivity index (χ2v) is 8.20. The number of carbonyl (C=O) groups excluding carboxylic acids is 2. The van der Waals surface area contributed by atoms with Gasteiger partial charge in [0, 0.05) is 39.8 Å². The van der Waals surface area contributed by atoms with Crippen LogP contribution in [0.3, 0.4) is 0 Å². The van der Waals surface area contributed by atoms with Gasteiger partial charge in [-0.1, -0.05) is 24.3 Å². The van der Waals surface area contributed by atoms with Crippen molar-refractivity contribution in [1.29, 1.82) is 0 Å². The third-order valence-corrected chi connectivity index (χ3v) is 6.07. The van der Waals surface area contributed by atoms with Crippen molar-refractivity contribution in [2.45, 2.75) is 6.54 Å². The number of aromatic nitrogens is 1. The number of aromatic amines is 1. The molecule has 0 saturated heterocycles. The van der Waals surface area contributed by atoms with E-state index >= 15 is 0 Å². The number of halogens is 1. The van der Waals surface area contributed by atoms with E-state index in [2.05, 4.69) is 10.3 Å². The van der Waals surface area contributed by atoms with Gasteiger partial charge < -0.3 is 27.5 Å². The summed E-state index contributed by atoms with van der Waals surface area (Å²) in [5.41, 5.74) is 23.3. The van der Waals surface area contributed by atoms with E-state index in [4.69, 9.17) is 17.2 Å². The standard InChI is InChI=1S/C27H22FN5O2/c28-15-6-4-14(5-7-15)27(35)33-22-3-1-2-17(21(22)13-29)18-10-11-20(26(31)34)25-24(18)19-9-8-16(30)12-23(19)32-25/h1-12,32H,13,29-30H2,(H2,31,34)(H,33,35). The van der Waals surface area contributed by atoms with Gasteiger partial charge in [-0.15, -0.1) is 0 Å². The molecule has 0 radical (unpaired) electrons. The molecular formula is C27H22FN5O2. The van der Waals surface area contributed by atoms with E-state index in [9.17, 15) is 14.0 Å². The molecule has 0 spiro atoms. The molecule has 0 atom stereocenters. The molecule has 0 aliphatic carbocycles. The predicted molar refractivity (Wildman–Crippen MR) is 136 cm³/mol. The van der Waals surface area contributed by atoms with E-state index in [1.165, 1.54) is 24.3 Å². The summed E-state index contributed by atoms with van der Waals surface area (Å²) >= 11 is 0. The number of amides is 2. The number of nitrogen functional groups attached to an aromatic ring is 1. The van der Waals surface area contributed by atoms with Crippen molar-refractivity contribution in [2.75, 3.05) is 11.1 Å². The van der Waals surface area contributed by atoms with Crippen molar-refractivity contribution in [3.63, 3.8) is 0 Å². The Kier molecular flexibility index (Phi) is 5.43. The molecule has 1 aromatic heterocycles. The van der Waals surface area contributed by atoms with Crippen LogP contribution >= 0.6 is 0 Å². The van der Waals surface area contributed by atoms with E-state index < -0.39 is 11.7 Å². The maximum Gasteiger partial charge on any atom is 0.255 e. The minimum Gasteiger partial charge on any atom is -0.399 e. The van der Waals surface area contributed by atoms with Gasteiger partial charge in [0.1, 0.15) is 5.82 Å². The summed E-state index contributed by atoms with van der Waals surface area (Å²) in [6.45, 7) is 0.142. The van der Waals surface area contributed by atoms with Gasteiger partial charge >= 0.3 is 0 Å². The van der Waals surface area contributed by atoms with Crippen molar-refractivity contribution < 1.29 is 14.0 Å². The molecule has 2 amide bonds. The Hall–Kier alpha value is -4.69. The molecule has 0 saturated carbocycles. The van der Waals surface area contributed by atoms with Crippen LogP contribution in [0.15, 0.2) is 72.8 Å². The Balaban J connectivity index is 1.69. The zero-order valence-corrected chi connectivity index (χ0v) is 18.6. The van der Waals surface area contributed by atoms with E-state index in [-0.39, 0.29) is 12.5 Å². The fourth-order valence-corrected chi connectivity index (χ4v) is 4.43. The maximum atomic E-state index is 13.3. The molecule has 1 heterocycles. The average molecular weight is 468 g/mol. The average Bonchev–Trinajstić information content (AvgIpc) is 3.22. The van der Waals surface area contributed by atoms with Crippen molar-refractivity contribution in [3.8, 4) is 11.1 Å². The van der Waals surface area contributed by atoms with Gasteiger partial charge in [0.15, 0.2) is 0 Å². The summed E-state index contributed by atoms with van der Waals surface area (Å²) < 4.78 is 13.3. The molecule has 0 unspecified atom stereocenters. The lowest BCUT2D eigenvalue weighted by molar-refractivity contribution is 0.0999. The van der Waals surface area contributed by atoms with Crippen LogP contribution in [0.1, 0.15) is 26.3 Å². The lowest BCUT2D eigenvalue weighted by Gasteiger charge is -2.16. The molecular weight excluding hydrogens is 445 g/mol. The third kappa shape index (κ3) is 3.85. The minimum absolute atomic E-state index is 0.142. The number of fused-ring (bicyclic) bond motifs is 3. The van der Waals surface area contributed by atoms with Gasteiger partial charge in [-0.3, -0.25) is 9.59 Å². The molecule has 174 valence electrons. The summed E-state index contributed by atoms with van der Waals surface area (Å²) in [5.74, 6) is -1.36. The molecule has 8 heteroatoms. The van der Waals surface area contributed by atoms with Crippen molar-refractivity contribution in [3.05, 3.63) is 95.3 Å². The number of rotatable bonds is 5. The second-order valence-electron chi connectivity index (χ2n) is 8.20. The highest BCUT2D eigenvalue weighted by atomic mass is 19.1. The van der Waals surface area contributed by atoms with Crippen molar-refractivity contribution in [1.82, 2.24) is 4.98 Å². The maximum absolute atomic E-state index is 13.3. The Morgan fingerprint density at radius 1 is 0.943 bits per heavy atom. The summed E-state index contributed by atoms with van der Waals surface area (Å²) in [7, 11) is 0. The molecule has 0 fully saturated rings. The number of H-pyrrole nitrogens is 1. The van der Waals surface area contributed by atoms with Crippen molar-refractivity contribution in [2.24, 2.45) is 11.5 Å². The fourth-order valence-electron chi connectivity index (χ4n) is 4.43. The van der Waals surface area contributed by atoms with Crippen LogP contribution < -0.4 is 22.5 Å². The van der Waals surface area contributed by atoms with Crippen LogP contribution in [0, 0.1) is 5.82 Å². The molecule has 0 aliphatic rings. The minimum atomic E-state index is -0.555. The first-order chi connectivity index (χ1) is 16.9. The van der Waals surface area contributed by atoms with Gasteiger partial charge in [0.05, 0.1) is 11.1 Å². The van der Waals surface area contributed by atoms with Crippen LogP contribution in [0.5, 0.6) is 0 Å². The number of anilines is 2. The zero-order valence-electron chi connectivity index (χ0n) is 18.6. The summed E-state index contributed by atoms with van der Waals surface area (Å²) in [6, 6.07) is 19.8. The summed E-state index contributed by atoms with van der Waals surface area (Å²) in [6.07, 6.45) is 0. The lowest BCUT2D eigenvalue weighted by Crippen LogP contribution is -2.15. The molecule has 5 aromatic rings.